The van der Waals surface area contributed by atoms with E-state index >= 15 is 0 Å². The minimum absolute atomic E-state index is 0.0125. The van der Waals surface area contributed by atoms with Gasteiger partial charge in [-0.15, -0.1) is 23.2 Å². The molecule has 0 saturated carbocycles. The highest BCUT2D eigenvalue weighted by Crippen LogP contribution is 2.06. The molecule has 0 radical (unpaired) electrons. The van der Waals surface area contributed by atoms with Crippen molar-refractivity contribution in [3.8, 4) is 0 Å². The minimum Gasteiger partial charge on any atom is -0.481 e. The van der Waals surface area contributed by atoms with Crippen LogP contribution in [0.2, 0.25) is 0 Å². The molecule has 0 saturated heterocycles. The van der Waals surface area contributed by atoms with Gasteiger partial charge in [0.2, 0.25) is 41.4 Å². The molecule has 25 heteroatoms. The van der Waals surface area contributed by atoms with Gasteiger partial charge in [0.15, 0.2) is 0 Å². The second kappa shape index (κ2) is 35.1. The van der Waals surface area contributed by atoms with Gasteiger partial charge in [0.05, 0.1) is 51.4 Å². The lowest BCUT2D eigenvalue weighted by Gasteiger charge is -2.23. The summed E-state index contributed by atoms with van der Waals surface area (Å²) in [5.41, 5.74) is 0. The number of carbonyl (C=O) groups is 9. The Balaban J connectivity index is 4.66. The van der Waals surface area contributed by atoms with E-state index in [1.54, 1.807) is 0 Å². The standard InChI is InChI=1S/C33H54BrCl2N7O15/c34-18-26(45)40-8-12-56-13-15-57-21-29(48)42-24(2-4-31(50)51)33(54)41-23(17-32(52)53)1-3-25(44)39-7-11-55-14-16-58-22-30(49)43(9-5-37-27(46)19-35)10-6-38-28(47)20-36/h23-24H,1-22H2,(H,37,46)(H,38,47)(H,39,44)(H,40,45)(H,41,54)(H,42,48)(H,50,51)(H,52,53)/t23-,24+/m1/s1. The third kappa shape index (κ3) is 31.2. The second-order valence-electron chi connectivity index (χ2n) is 11.9. The minimum atomic E-state index is -1.34. The molecule has 0 aliphatic heterocycles. The van der Waals surface area contributed by atoms with E-state index in [2.05, 4.69) is 47.8 Å². The first kappa shape index (κ1) is 54.1. The number of carboxylic acid groups (broad SMARTS) is 2. The molecule has 0 aromatic rings. The third-order valence-electron chi connectivity index (χ3n) is 7.25. The largest absolute Gasteiger partial charge is 0.481 e. The molecular formula is C33H54BrCl2N7O15. The molecule has 7 amide bonds. The average molecular weight is 940 g/mol. The van der Waals surface area contributed by atoms with Crippen LogP contribution in [-0.4, -0.2) is 190 Å². The molecule has 0 unspecified atom stereocenters. The van der Waals surface area contributed by atoms with Gasteiger partial charge in [-0.3, -0.25) is 43.2 Å². The van der Waals surface area contributed by atoms with Crippen molar-refractivity contribution in [2.24, 2.45) is 0 Å². The van der Waals surface area contributed by atoms with Crippen LogP contribution < -0.4 is 31.9 Å². The Hall–Kier alpha value is -3.87. The molecule has 8 N–H and O–H groups in total. The Morgan fingerprint density at radius 2 is 1.09 bits per heavy atom. The molecule has 0 aliphatic carbocycles. The summed E-state index contributed by atoms with van der Waals surface area (Å²) in [7, 11) is 0. The van der Waals surface area contributed by atoms with Crippen LogP contribution in [0.25, 0.3) is 0 Å². The summed E-state index contributed by atoms with van der Waals surface area (Å²) in [4.78, 5) is 108. The van der Waals surface area contributed by atoms with Gasteiger partial charge in [-0.1, -0.05) is 15.9 Å². The molecule has 0 rings (SSSR count). The third-order valence-corrected chi connectivity index (χ3v) is 8.25. The summed E-state index contributed by atoms with van der Waals surface area (Å²) >= 11 is 13.9. The van der Waals surface area contributed by atoms with E-state index in [1.165, 1.54) is 4.90 Å². The number of carbonyl (C=O) groups excluding carboxylic acids is 7. The molecule has 332 valence electrons. The number of aliphatic carboxylic acids is 2. The summed E-state index contributed by atoms with van der Waals surface area (Å²) in [6, 6.07) is -2.37. The van der Waals surface area contributed by atoms with Crippen molar-refractivity contribution in [2.75, 3.05) is 109 Å². The first-order valence-corrected chi connectivity index (χ1v) is 20.3. The molecule has 0 spiro atoms. The van der Waals surface area contributed by atoms with E-state index in [4.69, 9.17) is 47.3 Å². The average Bonchev–Trinajstić information content (AvgIpc) is 3.18. The maximum absolute atomic E-state index is 13.0. The van der Waals surface area contributed by atoms with Crippen LogP contribution in [0.15, 0.2) is 0 Å². The summed E-state index contributed by atoms with van der Waals surface area (Å²) < 4.78 is 21.2. The number of amides is 7. The zero-order valence-corrected chi connectivity index (χ0v) is 35.1. The second-order valence-corrected chi connectivity index (χ2v) is 13.0. The normalized spacial score (nSPS) is 11.7. The number of hydrogen-bond acceptors (Lipinski definition) is 13. The zero-order valence-electron chi connectivity index (χ0n) is 32.0. The Morgan fingerprint density at radius 3 is 1.60 bits per heavy atom. The van der Waals surface area contributed by atoms with Crippen molar-refractivity contribution in [2.45, 2.75) is 44.2 Å². The van der Waals surface area contributed by atoms with Crippen LogP contribution in [0, 0.1) is 0 Å². The predicted molar refractivity (Wildman–Crippen MR) is 209 cm³/mol. The van der Waals surface area contributed by atoms with Gasteiger partial charge in [0.1, 0.15) is 31.0 Å². The molecule has 0 heterocycles. The van der Waals surface area contributed by atoms with E-state index in [-0.39, 0.29) is 128 Å². The predicted octanol–water partition coefficient (Wildman–Crippen LogP) is -2.69. The van der Waals surface area contributed by atoms with E-state index in [1.807, 2.05) is 0 Å². The van der Waals surface area contributed by atoms with Crippen molar-refractivity contribution < 1.29 is 72.3 Å². The van der Waals surface area contributed by atoms with Crippen LogP contribution in [0.3, 0.4) is 0 Å². The molecule has 0 aromatic heterocycles. The molecule has 2 atom stereocenters. The number of rotatable bonds is 36. The number of ether oxygens (including phenoxy) is 4. The topological polar surface area (TPSA) is 306 Å². The Kier molecular flexibility index (Phi) is 32.8. The van der Waals surface area contributed by atoms with Crippen LogP contribution in [0.5, 0.6) is 0 Å². The fourth-order valence-corrected chi connectivity index (χ4v) is 4.84. The zero-order chi connectivity index (χ0) is 43.6. The Morgan fingerprint density at radius 1 is 0.569 bits per heavy atom. The Labute approximate surface area is 353 Å². The molecule has 0 bridgehead atoms. The molecule has 0 aromatic carbocycles. The SMILES string of the molecule is O=C(O)CC[C@H](NC(=O)COCCOCCNC(=O)CBr)C(=O)N[C@H](CCC(=O)NCCOCCOCC(=O)N(CCNC(=O)CCl)CCNC(=O)CCl)CC(=O)O. The van der Waals surface area contributed by atoms with Crippen LogP contribution >= 0.6 is 39.1 Å². The lowest BCUT2D eigenvalue weighted by Crippen LogP contribution is -2.51. The van der Waals surface area contributed by atoms with Gasteiger partial charge >= 0.3 is 11.9 Å². The lowest BCUT2D eigenvalue weighted by molar-refractivity contribution is -0.139. The molecule has 0 aliphatic rings. The van der Waals surface area contributed by atoms with Crippen LogP contribution in [-0.2, 0) is 62.1 Å². The molecular weight excluding hydrogens is 885 g/mol. The number of carboxylic acids is 2. The monoisotopic (exact) mass is 937 g/mol. The highest BCUT2D eigenvalue weighted by Gasteiger charge is 2.26. The number of alkyl halides is 3. The maximum atomic E-state index is 13.0. The van der Waals surface area contributed by atoms with Gasteiger partial charge in [-0.05, 0) is 12.8 Å². The maximum Gasteiger partial charge on any atom is 0.305 e. The highest BCUT2D eigenvalue weighted by molar-refractivity contribution is 9.09. The summed E-state index contributed by atoms with van der Waals surface area (Å²) in [5.74, 6) is -6.43. The van der Waals surface area contributed by atoms with Crippen molar-refractivity contribution in [3.63, 3.8) is 0 Å². The van der Waals surface area contributed by atoms with Gasteiger partial charge in [-0.2, -0.15) is 0 Å². The summed E-state index contributed by atoms with van der Waals surface area (Å²) in [6.45, 7) is 0.659. The highest BCUT2D eigenvalue weighted by atomic mass is 79.9. The molecule has 58 heavy (non-hydrogen) atoms. The van der Waals surface area contributed by atoms with Crippen LogP contribution in [0.1, 0.15) is 32.1 Å². The van der Waals surface area contributed by atoms with Gasteiger partial charge in [0, 0.05) is 58.2 Å². The molecule has 22 nitrogen and oxygen atoms in total. The number of nitrogens with one attached hydrogen (secondary N) is 6. The van der Waals surface area contributed by atoms with E-state index in [9.17, 15) is 48.3 Å². The van der Waals surface area contributed by atoms with E-state index in [0.29, 0.717) is 0 Å². The number of halogens is 3. The smallest absolute Gasteiger partial charge is 0.305 e. The van der Waals surface area contributed by atoms with E-state index < -0.39 is 78.9 Å². The van der Waals surface area contributed by atoms with Gasteiger partial charge < -0.3 is 66.0 Å². The lowest BCUT2D eigenvalue weighted by atomic mass is 10.1. The number of nitrogens with zero attached hydrogens (tertiary/aromatic N) is 1. The van der Waals surface area contributed by atoms with Gasteiger partial charge in [0.25, 0.3) is 0 Å². The summed E-state index contributed by atoms with van der Waals surface area (Å²) in [6.07, 6.45) is -1.62. The molecule has 0 fully saturated rings. The van der Waals surface area contributed by atoms with Crippen molar-refractivity contribution in [1.82, 2.24) is 36.8 Å². The fraction of sp³-hybridized carbons (Fsp3) is 0.727. The van der Waals surface area contributed by atoms with Crippen molar-refractivity contribution >= 4 is 92.4 Å². The van der Waals surface area contributed by atoms with Gasteiger partial charge in [-0.25, -0.2) is 0 Å². The summed E-state index contributed by atoms with van der Waals surface area (Å²) in [5, 5.41) is 33.8. The first-order valence-electron chi connectivity index (χ1n) is 18.1. The van der Waals surface area contributed by atoms with Crippen molar-refractivity contribution in [1.29, 1.82) is 0 Å². The fourth-order valence-electron chi connectivity index (χ4n) is 4.45. The Bertz CT molecular complexity index is 1280. The number of hydrogen-bond donors (Lipinski definition) is 8. The van der Waals surface area contributed by atoms with Crippen LogP contribution in [0.4, 0.5) is 0 Å². The van der Waals surface area contributed by atoms with Crippen molar-refractivity contribution in [3.05, 3.63) is 0 Å². The van der Waals surface area contributed by atoms with E-state index in [0.717, 1.165) is 0 Å². The first-order chi connectivity index (χ1) is 27.7. The quantitative estimate of drug-likeness (QED) is 0.0234.